The van der Waals surface area contributed by atoms with Crippen LogP contribution in [0.2, 0.25) is 0 Å². The van der Waals surface area contributed by atoms with Crippen LogP contribution < -0.4 is 0 Å². The maximum Gasteiger partial charge on any atom is 0.286 e. The number of aryl methyl sites for hydroxylation is 4. The predicted octanol–water partition coefficient (Wildman–Crippen LogP) is 7.75. The number of pyridine rings is 1. The van der Waals surface area contributed by atoms with E-state index in [9.17, 15) is 8.78 Å². The minimum Gasteiger partial charge on any atom is -0.252 e. The number of allylic oxidation sites excluding steroid dienone is 3. The number of benzene rings is 1. The Morgan fingerprint density at radius 2 is 1.86 bits per heavy atom. The van der Waals surface area contributed by atoms with Crippen LogP contribution in [0, 0.1) is 13.8 Å². The SMILES string of the molecule is C=C(CCC)C/C(=C/C)c1ccc(CCc2ccc(C(C)(F)F)nc2C)cc1C. The molecule has 0 amide bonds. The van der Waals surface area contributed by atoms with Crippen molar-refractivity contribution < 1.29 is 8.78 Å². The molecular formula is C26H33F2N. The van der Waals surface area contributed by atoms with E-state index in [0.29, 0.717) is 5.69 Å². The lowest BCUT2D eigenvalue weighted by Crippen LogP contribution is -2.11. The van der Waals surface area contributed by atoms with E-state index in [1.807, 2.05) is 0 Å². The van der Waals surface area contributed by atoms with E-state index in [0.717, 1.165) is 44.6 Å². The molecule has 0 aliphatic rings. The molecule has 29 heavy (non-hydrogen) atoms. The molecule has 0 atom stereocenters. The molecular weight excluding hydrogens is 364 g/mol. The van der Waals surface area contributed by atoms with Crippen LogP contribution in [0.1, 0.15) is 73.7 Å². The summed E-state index contributed by atoms with van der Waals surface area (Å²) < 4.78 is 26.9. The Balaban J connectivity index is 2.10. The van der Waals surface area contributed by atoms with Crippen molar-refractivity contribution in [2.24, 2.45) is 0 Å². The fourth-order valence-corrected chi connectivity index (χ4v) is 3.68. The molecule has 1 nitrogen and oxygen atoms in total. The van der Waals surface area contributed by atoms with Gasteiger partial charge in [0.05, 0.1) is 0 Å². The number of rotatable bonds is 9. The van der Waals surface area contributed by atoms with Crippen LogP contribution in [0.25, 0.3) is 5.57 Å². The van der Waals surface area contributed by atoms with Gasteiger partial charge in [-0.1, -0.05) is 55.8 Å². The summed E-state index contributed by atoms with van der Waals surface area (Å²) in [5.41, 5.74) is 7.92. The van der Waals surface area contributed by atoms with E-state index >= 15 is 0 Å². The summed E-state index contributed by atoms with van der Waals surface area (Å²) in [5.74, 6) is -2.90. The number of aromatic nitrogens is 1. The average molecular weight is 398 g/mol. The minimum absolute atomic E-state index is 0.164. The first-order valence-electron chi connectivity index (χ1n) is 10.4. The number of nitrogens with zero attached hydrogens (tertiary/aromatic N) is 1. The summed E-state index contributed by atoms with van der Waals surface area (Å²) in [6.07, 6.45) is 6.94. The molecule has 2 aromatic rings. The molecule has 0 radical (unpaired) electrons. The highest BCUT2D eigenvalue weighted by Gasteiger charge is 2.26. The van der Waals surface area contributed by atoms with Crippen molar-refractivity contribution in [1.82, 2.24) is 4.98 Å². The number of hydrogen-bond donors (Lipinski definition) is 0. The van der Waals surface area contributed by atoms with E-state index in [1.165, 1.54) is 33.9 Å². The van der Waals surface area contributed by atoms with E-state index in [1.54, 1.807) is 13.0 Å². The molecule has 2 rings (SSSR count). The molecule has 0 saturated heterocycles. The van der Waals surface area contributed by atoms with Crippen LogP contribution >= 0.6 is 0 Å². The van der Waals surface area contributed by atoms with Gasteiger partial charge < -0.3 is 0 Å². The Kier molecular flexibility index (Phi) is 7.89. The predicted molar refractivity (Wildman–Crippen MR) is 119 cm³/mol. The Morgan fingerprint density at radius 1 is 1.14 bits per heavy atom. The molecule has 0 fully saturated rings. The van der Waals surface area contributed by atoms with Crippen LogP contribution in [-0.2, 0) is 18.8 Å². The normalized spacial score (nSPS) is 12.3. The highest BCUT2D eigenvalue weighted by Crippen LogP contribution is 2.28. The Bertz CT molecular complexity index is 888. The zero-order valence-corrected chi connectivity index (χ0v) is 18.4. The van der Waals surface area contributed by atoms with Crippen molar-refractivity contribution in [2.45, 2.75) is 72.6 Å². The van der Waals surface area contributed by atoms with Gasteiger partial charge in [-0.3, -0.25) is 4.98 Å². The lowest BCUT2D eigenvalue weighted by Gasteiger charge is -2.15. The number of halogens is 2. The second kappa shape index (κ2) is 9.96. The summed E-state index contributed by atoms with van der Waals surface area (Å²) in [5, 5.41) is 0. The minimum atomic E-state index is -2.90. The third-order valence-electron chi connectivity index (χ3n) is 5.36. The van der Waals surface area contributed by atoms with Gasteiger partial charge in [0.15, 0.2) is 0 Å². The quantitative estimate of drug-likeness (QED) is 0.394. The number of hydrogen-bond acceptors (Lipinski definition) is 1. The van der Waals surface area contributed by atoms with Crippen LogP contribution in [-0.4, -0.2) is 4.98 Å². The van der Waals surface area contributed by atoms with Crippen molar-refractivity contribution in [2.75, 3.05) is 0 Å². The summed E-state index contributed by atoms with van der Waals surface area (Å²) in [4.78, 5) is 4.10. The Labute approximate surface area is 174 Å². The van der Waals surface area contributed by atoms with Crippen molar-refractivity contribution in [1.29, 1.82) is 0 Å². The molecule has 1 heterocycles. The Hall–Kier alpha value is -2.29. The average Bonchev–Trinajstić information content (AvgIpc) is 2.65. The fraction of sp³-hybridized carbons (Fsp3) is 0.423. The second-order valence-electron chi connectivity index (χ2n) is 7.97. The van der Waals surface area contributed by atoms with Crippen molar-refractivity contribution >= 4 is 5.57 Å². The highest BCUT2D eigenvalue weighted by molar-refractivity contribution is 5.70. The standard InChI is InChI=1S/C26H33F2N/c1-7-9-18(3)16-22(8-2)24-14-11-21(17-19(24)4)10-12-23-13-15-25(26(6,27)28)29-20(23)5/h8,11,13-15,17H,3,7,9-10,12,16H2,1-2,4-6H3/b22-8-. The van der Waals surface area contributed by atoms with Crippen LogP contribution in [0.15, 0.2) is 48.6 Å². The molecule has 0 spiro atoms. The molecule has 1 aromatic heterocycles. The molecule has 0 bridgehead atoms. The third-order valence-corrected chi connectivity index (χ3v) is 5.36. The first-order chi connectivity index (χ1) is 13.7. The van der Waals surface area contributed by atoms with Gasteiger partial charge in [0, 0.05) is 12.6 Å². The zero-order valence-electron chi connectivity index (χ0n) is 18.4. The number of alkyl halides is 2. The van der Waals surface area contributed by atoms with Gasteiger partial charge in [0.25, 0.3) is 5.92 Å². The first-order valence-corrected chi connectivity index (χ1v) is 10.4. The molecule has 156 valence electrons. The molecule has 0 aliphatic heterocycles. The van der Waals surface area contributed by atoms with E-state index in [2.05, 4.69) is 56.6 Å². The summed E-state index contributed by atoms with van der Waals surface area (Å²) in [6, 6.07) is 9.83. The van der Waals surface area contributed by atoms with E-state index < -0.39 is 5.92 Å². The topological polar surface area (TPSA) is 12.9 Å². The van der Waals surface area contributed by atoms with Gasteiger partial charge in [0.1, 0.15) is 5.69 Å². The highest BCUT2D eigenvalue weighted by atomic mass is 19.3. The van der Waals surface area contributed by atoms with Crippen molar-refractivity contribution in [3.05, 3.63) is 82.2 Å². The van der Waals surface area contributed by atoms with Gasteiger partial charge in [-0.05, 0) is 80.3 Å². The lowest BCUT2D eigenvalue weighted by molar-refractivity contribution is 0.0126. The van der Waals surface area contributed by atoms with Gasteiger partial charge in [0.2, 0.25) is 0 Å². The summed E-state index contributed by atoms with van der Waals surface area (Å²) in [6.45, 7) is 13.3. The summed E-state index contributed by atoms with van der Waals surface area (Å²) >= 11 is 0. The van der Waals surface area contributed by atoms with Crippen molar-refractivity contribution in [3.63, 3.8) is 0 Å². The van der Waals surface area contributed by atoms with Crippen LogP contribution in [0.3, 0.4) is 0 Å². The third kappa shape index (κ3) is 6.35. The van der Waals surface area contributed by atoms with Crippen molar-refractivity contribution in [3.8, 4) is 0 Å². The van der Waals surface area contributed by atoms with E-state index in [-0.39, 0.29) is 5.69 Å². The molecule has 3 heteroatoms. The molecule has 0 aliphatic carbocycles. The smallest absolute Gasteiger partial charge is 0.252 e. The van der Waals surface area contributed by atoms with Crippen LogP contribution in [0.4, 0.5) is 8.78 Å². The van der Waals surface area contributed by atoms with Crippen LogP contribution in [0.5, 0.6) is 0 Å². The maximum atomic E-state index is 13.4. The Morgan fingerprint density at radius 3 is 2.41 bits per heavy atom. The monoisotopic (exact) mass is 397 g/mol. The zero-order chi connectivity index (χ0) is 21.6. The van der Waals surface area contributed by atoms with Gasteiger partial charge in [-0.15, -0.1) is 0 Å². The van der Waals surface area contributed by atoms with Gasteiger partial charge >= 0.3 is 0 Å². The van der Waals surface area contributed by atoms with E-state index in [4.69, 9.17) is 0 Å². The first kappa shape index (κ1) is 23.0. The van der Waals surface area contributed by atoms with Gasteiger partial charge in [-0.2, -0.15) is 8.78 Å². The molecule has 0 N–H and O–H groups in total. The second-order valence-corrected chi connectivity index (χ2v) is 7.97. The van der Waals surface area contributed by atoms with Gasteiger partial charge in [-0.25, -0.2) is 0 Å². The maximum absolute atomic E-state index is 13.4. The largest absolute Gasteiger partial charge is 0.286 e. The molecule has 0 saturated carbocycles. The molecule has 0 unspecified atom stereocenters. The summed E-state index contributed by atoms with van der Waals surface area (Å²) in [7, 11) is 0. The fourth-order valence-electron chi connectivity index (χ4n) is 3.68. The lowest BCUT2D eigenvalue weighted by atomic mass is 9.91. The molecule has 1 aromatic carbocycles.